The summed E-state index contributed by atoms with van der Waals surface area (Å²) in [6, 6.07) is 18.7. The van der Waals surface area contributed by atoms with Crippen molar-refractivity contribution in [1.29, 1.82) is 0 Å². The van der Waals surface area contributed by atoms with Gasteiger partial charge in [-0.1, -0.05) is 60.7 Å². The number of carbonyl (C=O) groups is 2. The summed E-state index contributed by atoms with van der Waals surface area (Å²) in [7, 11) is 0. The predicted octanol–water partition coefficient (Wildman–Crippen LogP) is 3.21. The third-order valence-electron chi connectivity index (χ3n) is 4.69. The minimum absolute atomic E-state index is 0.153. The van der Waals surface area contributed by atoms with Gasteiger partial charge < -0.3 is 15.7 Å². The fourth-order valence-electron chi connectivity index (χ4n) is 3.23. The molecule has 3 aromatic carbocycles. The van der Waals surface area contributed by atoms with Gasteiger partial charge in [-0.3, -0.25) is 9.59 Å². The molecule has 0 aromatic heterocycles. The Hall–Kier alpha value is -3.58. The van der Waals surface area contributed by atoms with Gasteiger partial charge in [0.2, 0.25) is 11.8 Å². The number of hydrogen-bond acceptors (Lipinski definition) is 3. The number of nitrogens with one attached hydrogen (secondary N) is 2. The lowest BCUT2D eigenvalue weighted by Crippen LogP contribution is -2.43. The van der Waals surface area contributed by atoms with Crippen LogP contribution in [0.5, 0.6) is 0 Å². The van der Waals surface area contributed by atoms with Gasteiger partial charge in [-0.2, -0.15) is 0 Å². The molecule has 0 saturated heterocycles. The van der Waals surface area contributed by atoms with E-state index in [0.717, 1.165) is 18.2 Å². The zero-order valence-corrected chi connectivity index (χ0v) is 16.6. The molecule has 3 aromatic rings. The minimum Gasteiger partial charge on any atom is -0.394 e. The molecule has 7 heteroatoms. The SMILES string of the molecule is O=C(Cc1cc(F)cc(F)c1)N[C@H](C(=O)N[C@H](CO)c1ccccc1)c1ccccc1. The Balaban J connectivity index is 1.78. The van der Waals surface area contributed by atoms with Crippen LogP contribution in [0.25, 0.3) is 0 Å². The highest BCUT2D eigenvalue weighted by Gasteiger charge is 2.25. The Kier molecular flexibility index (Phi) is 7.45. The Bertz CT molecular complexity index is 1010. The Morgan fingerprint density at radius 2 is 1.35 bits per heavy atom. The van der Waals surface area contributed by atoms with Crippen molar-refractivity contribution < 1.29 is 23.5 Å². The quantitative estimate of drug-likeness (QED) is 0.520. The van der Waals surface area contributed by atoms with Crippen molar-refractivity contribution in [3.05, 3.63) is 107 Å². The van der Waals surface area contributed by atoms with E-state index in [-0.39, 0.29) is 18.6 Å². The van der Waals surface area contributed by atoms with Gasteiger partial charge in [-0.15, -0.1) is 0 Å². The summed E-state index contributed by atoms with van der Waals surface area (Å²) in [5.74, 6) is -2.66. The van der Waals surface area contributed by atoms with Crippen LogP contribution in [-0.2, 0) is 16.0 Å². The highest BCUT2D eigenvalue weighted by Crippen LogP contribution is 2.18. The maximum Gasteiger partial charge on any atom is 0.247 e. The normalized spacial score (nSPS) is 12.6. The number of aliphatic hydroxyl groups excluding tert-OH is 1. The zero-order chi connectivity index (χ0) is 22.2. The molecule has 31 heavy (non-hydrogen) atoms. The largest absolute Gasteiger partial charge is 0.394 e. The average molecular weight is 424 g/mol. The lowest BCUT2D eigenvalue weighted by atomic mass is 10.0. The van der Waals surface area contributed by atoms with Crippen molar-refractivity contribution in [3.63, 3.8) is 0 Å². The highest BCUT2D eigenvalue weighted by atomic mass is 19.1. The maximum absolute atomic E-state index is 13.4. The second kappa shape index (κ2) is 10.4. The van der Waals surface area contributed by atoms with Crippen LogP contribution in [0.4, 0.5) is 8.78 Å². The van der Waals surface area contributed by atoms with E-state index in [9.17, 15) is 23.5 Å². The van der Waals surface area contributed by atoms with E-state index in [4.69, 9.17) is 0 Å². The Labute approximate surface area is 178 Å². The Morgan fingerprint density at radius 1 is 0.806 bits per heavy atom. The number of rotatable bonds is 8. The van der Waals surface area contributed by atoms with Gasteiger partial charge in [-0.05, 0) is 28.8 Å². The summed E-state index contributed by atoms with van der Waals surface area (Å²) in [5, 5.41) is 15.1. The van der Waals surface area contributed by atoms with Crippen LogP contribution in [0, 0.1) is 11.6 Å². The smallest absolute Gasteiger partial charge is 0.247 e. The van der Waals surface area contributed by atoms with Crippen LogP contribution in [0.3, 0.4) is 0 Å². The topological polar surface area (TPSA) is 78.4 Å². The van der Waals surface area contributed by atoms with E-state index in [2.05, 4.69) is 10.6 Å². The molecule has 0 saturated carbocycles. The van der Waals surface area contributed by atoms with Crippen molar-refractivity contribution in [2.45, 2.75) is 18.5 Å². The van der Waals surface area contributed by atoms with E-state index < -0.39 is 35.5 Å². The first-order valence-electron chi connectivity index (χ1n) is 9.71. The van der Waals surface area contributed by atoms with Crippen LogP contribution >= 0.6 is 0 Å². The minimum atomic E-state index is -1.05. The van der Waals surface area contributed by atoms with E-state index in [1.54, 1.807) is 54.6 Å². The first kappa shape index (κ1) is 22.1. The van der Waals surface area contributed by atoms with Crippen molar-refractivity contribution >= 4 is 11.8 Å². The van der Waals surface area contributed by atoms with Crippen molar-refractivity contribution in [2.24, 2.45) is 0 Å². The molecule has 0 aliphatic rings. The zero-order valence-electron chi connectivity index (χ0n) is 16.6. The highest BCUT2D eigenvalue weighted by molar-refractivity contribution is 5.89. The molecule has 0 unspecified atom stereocenters. The molecule has 0 spiro atoms. The predicted molar refractivity (Wildman–Crippen MR) is 112 cm³/mol. The monoisotopic (exact) mass is 424 g/mol. The number of benzene rings is 3. The summed E-state index contributed by atoms with van der Waals surface area (Å²) < 4.78 is 26.8. The molecule has 2 atom stereocenters. The summed E-state index contributed by atoms with van der Waals surface area (Å²) in [4.78, 5) is 25.6. The number of aliphatic hydroxyl groups is 1. The van der Waals surface area contributed by atoms with Crippen LogP contribution in [0.2, 0.25) is 0 Å². The van der Waals surface area contributed by atoms with E-state index in [0.29, 0.717) is 11.1 Å². The molecular weight excluding hydrogens is 402 g/mol. The van der Waals surface area contributed by atoms with Crippen LogP contribution in [0.15, 0.2) is 78.9 Å². The molecule has 0 fully saturated rings. The molecular formula is C24H22F2N2O3. The molecule has 3 N–H and O–H groups in total. The van der Waals surface area contributed by atoms with Gasteiger partial charge in [0.15, 0.2) is 0 Å². The third-order valence-corrected chi connectivity index (χ3v) is 4.69. The van der Waals surface area contributed by atoms with Crippen LogP contribution < -0.4 is 10.6 Å². The number of hydrogen-bond donors (Lipinski definition) is 3. The van der Waals surface area contributed by atoms with Gasteiger partial charge in [0.25, 0.3) is 0 Å². The van der Waals surface area contributed by atoms with E-state index in [1.807, 2.05) is 6.07 Å². The van der Waals surface area contributed by atoms with Crippen LogP contribution in [0.1, 0.15) is 28.8 Å². The molecule has 0 bridgehead atoms. The molecule has 2 amide bonds. The van der Waals surface area contributed by atoms with Crippen LogP contribution in [-0.4, -0.2) is 23.5 Å². The van der Waals surface area contributed by atoms with E-state index >= 15 is 0 Å². The van der Waals surface area contributed by atoms with Gasteiger partial charge >= 0.3 is 0 Å². The number of amides is 2. The summed E-state index contributed by atoms with van der Waals surface area (Å²) >= 11 is 0. The van der Waals surface area contributed by atoms with Crippen molar-refractivity contribution in [2.75, 3.05) is 6.61 Å². The lowest BCUT2D eigenvalue weighted by molar-refractivity contribution is -0.129. The first-order valence-corrected chi connectivity index (χ1v) is 9.71. The molecule has 0 aliphatic heterocycles. The average Bonchev–Trinajstić information content (AvgIpc) is 2.76. The second-order valence-corrected chi connectivity index (χ2v) is 7.02. The Morgan fingerprint density at radius 3 is 1.90 bits per heavy atom. The molecule has 0 radical (unpaired) electrons. The molecule has 3 rings (SSSR count). The van der Waals surface area contributed by atoms with Gasteiger partial charge in [0.05, 0.1) is 19.1 Å². The first-order chi connectivity index (χ1) is 15.0. The standard InChI is InChI=1S/C24H22F2N2O3/c25-19-11-16(12-20(26)14-19)13-22(30)28-23(18-9-5-2-6-10-18)24(31)27-21(15-29)17-7-3-1-4-8-17/h1-12,14,21,23,29H,13,15H2,(H,27,31)(H,28,30)/t21-,23+/m1/s1. The molecule has 5 nitrogen and oxygen atoms in total. The van der Waals surface area contributed by atoms with E-state index in [1.165, 1.54) is 0 Å². The molecule has 0 heterocycles. The molecule has 0 aliphatic carbocycles. The molecule has 160 valence electrons. The fraction of sp³-hybridized carbons (Fsp3) is 0.167. The lowest BCUT2D eigenvalue weighted by Gasteiger charge is -2.23. The number of halogens is 2. The van der Waals surface area contributed by atoms with Gasteiger partial charge in [-0.25, -0.2) is 8.78 Å². The number of carbonyl (C=O) groups excluding carboxylic acids is 2. The third kappa shape index (κ3) is 6.20. The van der Waals surface area contributed by atoms with Crippen molar-refractivity contribution in [1.82, 2.24) is 10.6 Å². The summed E-state index contributed by atoms with van der Waals surface area (Å²) in [5.41, 5.74) is 1.40. The fourth-order valence-corrected chi connectivity index (χ4v) is 3.23. The summed E-state index contributed by atoms with van der Waals surface area (Å²) in [6.45, 7) is -0.326. The second-order valence-electron chi connectivity index (χ2n) is 7.02. The maximum atomic E-state index is 13.4. The van der Waals surface area contributed by atoms with Crippen molar-refractivity contribution in [3.8, 4) is 0 Å². The van der Waals surface area contributed by atoms with Gasteiger partial charge in [0.1, 0.15) is 17.7 Å². The summed E-state index contributed by atoms with van der Waals surface area (Å²) in [6.07, 6.45) is -0.298. The van der Waals surface area contributed by atoms with Gasteiger partial charge in [0, 0.05) is 6.07 Å².